The summed E-state index contributed by atoms with van der Waals surface area (Å²) >= 11 is 3.49. The monoisotopic (exact) mass is 299 g/mol. The maximum atomic E-state index is 9.37. The van der Waals surface area contributed by atoms with Gasteiger partial charge in [0.1, 0.15) is 0 Å². The molecule has 0 aromatic heterocycles. The number of aliphatic hydroxyl groups excluding tert-OH is 1. The summed E-state index contributed by atoms with van der Waals surface area (Å²) in [7, 11) is 0. The number of aliphatic hydroxyl groups is 1. The third-order valence-electron chi connectivity index (χ3n) is 3.08. The zero-order valence-corrected chi connectivity index (χ0v) is 12.4. The van der Waals surface area contributed by atoms with Crippen LogP contribution in [0.3, 0.4) is 0 Å². The number of hydrogen-bond acceptors (Lipinski definition) is 2. The molecule has 1 rings (SSSR count). The molecule has 0 saturated heterocycles. The molecule has 1 unspecified atom stereocenters. The van der Waals surface area contributed by atoms with E-state index in [9.17, 15) is 5.11 Å². The van der Waals surface area contributed by atoms with Crippen LogP contribution in [0.1, 0.15) is 38.8 Å². The molecule has 2 atom stereocenters. The number of benzene rings is 1. The first-order valence-corrected chi connectivity index (χ1v) is 7.00. The van der Waals surface area contributed by atoms with Gasteiger partial charge in [-0.05, 0) is 30.0 Å². The minimum atomic E-state index is 0.152. The van der Waals surface area contributed by atoms with E-state index < -0.39 is 0 Å². The lowest BCUT2D eigenvalue weighted by Gasteiger charge is -2.26. The molecule has 0 saturated carbocycles. The van der Waals surface area contributed by atoms with Crippen molar-refractivity contribution in [1.82, 2.24) is 5.32 Å². The van der Waals surface area contributed by atoms with Crippen molar-refractivity contribution in [3.63, 3.8) is 0 Å². The average Bonchev–Trinajstić information content (AvgIpc) is 2.30. The predicted octanol–water partition coefficient (Wildman–Crippen LogP) is 3.51. The van der Waals surface area contributed by atoms with Crippen LogP contribution in [0.15, 0.2) is 28.7 Å². The van der Waals surface area contributed by atoms with E-state index in [1.165, 1.54) is 5.56 Å². The molecule has 0 heterocycles. The molecule has 0 bridgehead atoms. The van der Waals surface area contributed by atoms with Gasteiger partial charge in [0.2, 0.25) is 0 Å². The van der Waals surface area contributed by atoms with Crippen molar-refractivity contribution in [2.75, 3.05) is 6.61 Å². The molecule has 0 aliphatic heterocycles. The molecule has 0 aliphatic rings. The molecule has 0 fully saturated rings. The first-order chi connectivity index (χ1) is 8.08. The van der Waals surface area contributed by atoms with E-state index in [1.807, 2.05) is 12.1 Å². The molecule has 0 spiro atoms. The topological polar surface area (TPSA) is 32.3 Å². The molecule has 96 valence electrons. The van der Waals surface area contributed by atoms with E-state index in [2.05, 4.69) is 54.2 Å². The maximum Gasteiger partial charge on any atom is 0.0587 e. The highest BCUT2D eigenvalue weighted by Crippen LogP contribution is 2.22. The highest BCUT2D eigenvalue weighted by molar-refractivity contribution is 9.10. The zero-order chi connectivity index (χ0) is 12.8. The summed E-state index contributed by atoms with van der Waals surface area (Å²) in [6.07, 6.45) is 1.01. The fraction of sp³-hybridized carbons (Fsp3) is 0.571. The van der Waals surface area contributed by atoms with Crippen LogP contribution in [0.4, 0.5) is 0 Å². The summed E-state index contributed by atoms with van der Waals surface area (Å²) in [5, 5.41) is 12.9. The van der Waals surface area contributed by atoms with E-state index >= 15 is 0 Å². The summed E-state index contributed by atoms with van der Waals surface area (Å²) in [4.78, 5) is 0. The van der Waals surface area contributed by atoms with Gasteiger partial charge in [-0.2, -0.15) is 0 Å². The molecule has 1 aromatic carbocycles. The van der Waals surface area contributed by atoms with Gasteiger partial charge in [-0.1, -0.05) is 48.8 Å². The average molecular weight is 300 g/mol. The summed E-state index contributed by atoms with van der Waals surface area (Å²) in [6, 6.07) is 8.79. The van der Waals surface area contributed by atoms with Gasteiger partial charge in [-0.25, -0.2) is 0 Å². The minimum Gasteiger partial charge on any atom is -0.395 e. The largest absolute Gasteiger partial charge is 0.395 e. The molecule has 2 nitrogen and oxygen atoms in total. The Hall–Kier alpha value is -0.380. The van der Waals surface area contributed by atoms with Crippen molar-refractivity contribution in [2.24, 2.45) is 5.92 Å². The van der Waals surface area contributed by atoms with Crippen LogP contribution in [0.2, 0.25) is 0 Å². The van der Waals surface area contributed by atoms with E-state index in [1.54, 1.807) is 0 Å². The Morgan fingerprint density at radius 2 is 2.06 bits per heavy atom. The molecular weight excluding hydrogens is 278 g/mol. The van der Waals surface area contributed by atoms with Gasteiger partial charge in [0.25, 0.3) is 0 Å². The van der Waals surface area contributed by atoms with Gasteiger partial charge in [-0.15, -0.1) is 0 Å². The van der Waals surface area contributed by atoms with Crippen LogP contribution in [-0.2, 0) is 0 Å². The molecular formula is C14H22BrNO. The van der Waals surface area contributed by atoms with Gasteiger partial charge in [-0.3, -0.25) is 0 Å². The fourth-order valence-corrected chi connectivity index (χ4v) is 2.30. The lowest BCUT2D eigenvalue weighted by atomic mass is 9.99. The van der Waals surface area contributed by atoms with Crippen molar-refractivity contribution in [1.29, 1.82) is 0 Å². The first kappa shape index (κ1) is 14.7. The molecule has 3 heteroatoms. The van der Waals surface area contributed by atoms with Crippen molar-refractivity contribution >= 4 is 15.9 Å². The second-order valence-electron chi connectivity index (χ2n) is 4.72. The van der Waals surface area contributed by atoms with Crippen LogP contribution in [0, 0.1) is 5.92 Å². The second-order valence-corrected chi connectivity index (χ2v) is 5.63. The van der Waals surface area contributed by atoms with E-state index in [4.69, 9.17) is 0 Å². The van der Waals surface area contributed by atoms with Crippen molar-refractivity contribution in [3.8, 4) is 0 Å². The van der Waals surface area contributed by atoms with Gasteiger partial charge < -0.3 is 10.4 Å². The second kappa shape index (κ2) is 7.14. The quantitative estimate of drug-likeness (QED) is 0.842. The van der Waals surface area contributed by atoms with E-state index in [0.29, 0.717) is 12.0 Å². The predicted molar refractivity (Wildman–Crippen MR) is 76.0 cm³/mol. The highest BCUT2D eigenvalue weighted by Gasteiger charge is 2.17. The number of rotatable bonds is 6. The van der Waals surface area contributed by atoms with Gasteiger partial charge in [0.15, 0.2) is 0 Å². The van der Waals surface area contributed by atoms with Gasteiger partial charge >= 0.3 is 0 Å². The number of halogens is 1. The third kappa shape index (κ3) is 4.41. The Kier molecular flexibility index (Phi) is 6.17. The minimum absolute atomic E-state index is 0.152. The summed E-state index contributed by atoms with van der Waals surface area (Å²) in [5.74, 6) is 0.432. The van der Waals surface area contributed by atoms with Gasteiger partial charge in [0, 0.05) is 16.6 Å². The molecule has 0 aliphatic carbocycles. The Bertz CT molecular complexity index is 341. The molecule has 2 N–H and O–H groups in total. The first-order valence-electron chi connectivity index (χ1n) is 6.20. The standard InChI is InChI=1S/C14H22BrNO/c1-4-13(16-14(9-17)10(2)3)11-6-5-7-12(15)8-11/h5-8,10,13-14,16-17H,4,9H2,1-3H3/t13?,14-/m1/s1. The smallest absolute Gasteiger partial charge is 0.0587 e. The van der Waals surface area contributed by atoms with Crippen LogP contribution in [0.25, 0.3) is 0 Å². The molecule has 1 aromatic rings. The van der Waals surface area contributed by atoms with Gasteiger partial charge in [0.05, 0.1) is 6.61 Å². The molecule has 0 radical (unpaired) electrons. The van der Waals surface area contributed by atoms with Crippen molar-refractivity contribution in [2.45, 2.75) is 39.3 Å². The van der Waals surface area contributed by atoms with Crippen LogP contribution in [0.5, 0.6) is 0 Å². The Morgan fingerprint density at radius 1 is 1.35 bits per heavy atom. The molecule has 0 amide bonds. The fourth-order valence-electron chi connectivity index (χ4n) is 1.89. The Labute approximate surface area is 113 Å². The third-order valence-corrected chi connectivity index (χ3v) is 3.57. The van der Waals surface area contributed by atoms with Crippen LogP contribution >= 0.6 is 15.9 Å². The van der Waals surface area contributed by atoms with Crippen LogP contribution < -0.4 is 5.32 Å². The molecule has 17 heavy (non-hydrogen) atoms. The summed E-state index contributed by atoms with van der Waals surface area (Å²) in [6.45, 7) is 6.60. The summed E-state index contributed by atoms with van der Waals surface area (Å²) < 4.78 is 1.10. The zero-order valence-electron chi connectivity index (χ0n) is 10.8. The van der Waals surface area contributed by atoms with E-state index in [-0.39, 0.29) is 12.6 Å². The normalized spacial score (nSPS) is 14.9. The Morgan fingerprint density at radius 3 is 2.53 bits per heavy atom. The highest BCUT2D eigenvalue weighted by atomic mass is 79.9. The van der Waals surface area contributed by atoms with E-state index in [0.717, 1.165) is 10.9 Å². The summed E-state index contributed by atoms with van der Waals surface area (Å²) in [5.41, 5.74) is 1.26. The maximum absolute atomic E-state index is 9.37. The van der Waals surface area contributed by atoms with Crippen molar-refractivity contribution in [3.05, 3.63) is 34.3 Å². The number of hydrogen-bond donors (Lipinski definition) is 2. The lowest BCUT2D eigenvalue weighted by Crippen LogP contribution is -2.39. The Balaban J connectivity index is 2.78. The van der Waals surface area contributed by atoms with Crippen molar-refractivity contribution < 1.29 is 5.11 Å². The van der Waals surface area contributed by atoms with Crippen LogP contribution in [-0.4, -0.2) is 17.8 Å². The lowest BCUT2D eigenvalue weighted by molar-refractivity contribution is 0.198. The SMILES string of the molecule is CCC(N[C@H](CO)C(C)C)c1cccc(Br)c1. The number of nitrogens with one attached hydrogen (secondary N) is 1.